The van der Waals surface area contributed by atoms with Crippen molar-refractivity contribution in [2.75, 3.05) is 19.8 Å². The molecule has 0 N–H and O–H groups in total. The van der Waals surface area contributed by atoms with Gasteiger partial charge in [0.05, 0.1) is 23.3 Å². The summed E-state index contributed by atoms with van der Waals surface area (Å²) in [6.07, 6.45) is 4.23. The fraction of sp³-hybridized carbons (Fsp3) is 0.342. The largest absolute Gasteiger partial charge is 0.460 e. The SMILES string of the molecule is CCCCCc1cccc(-c2c(C#N)c(C#N)cc3cc(Cl)c(C(C)(C)C)c(Oc4cccc(C(=O)OCCOCC)c4)c23)c1. The van der Waals surface area contributed by atoms with Gasteiger partial charge in [0.15, 0.2) is 0 Å². The number of rotatable bonds is 12. The number of nitriles is 2. The summed E-state index contributed by atoms with van der Waals surface area (Å²) in [6.45, 7) is 11.2. The number of aryl methyl sites for hydroxylation is 1. The van der Waals surface area contributed by atoms with Crippen molar-refractivity contribution in [3.63, 3.8) is 0 Å². The van der Waals surface area contributed by atoms with Crippen LogP contribution in [-0.4, -0.2) is 25.8 Å². The molecule has 0 amide bonds. The average Bonchev–Trinajstić information content (AvgIpc) is 3.01. The predicted molar refractivity (Wildman–Crippen MR) is 179 cm³/mol. The topological polar surface area (TPSA) is 92.3 Å². The molecule has 232 valence electrons. The molecule has 0 radical (unpaired) electrons. The molecule has 4 rings (SSSR count). The van der Waals surface area contributed by atoms with E-state index in [4.69, 9.17) is 25.8 Å². The lowest BCUT2D eigenvalue weighted by Crippen LogP contribution is -2.14. The number of ether oxygens (including phenoxy) is 3. The third-order valence-electron chi connectivity index (χ3n) is 7.55. The van der Waals surface area contributed by atoms with Gasteiger partial charge in [0.25, 0.3) is 0 Å². The number of carbonyl (C=O) groups is 1. The molecule has 0 spiro atoms. The van der Waals surface area contributed by atoms with E-state index in [0.717, 1.165) is 42.4 Å². The highest BCUT2D eigenvalue weighted by molar-refractivity contribution is 6.33. The molecular formula is C38H39ClN2O4. The van der Waals surface area contributed by atoms with Crippen LogP contribution in [-0.2, 0) is 21.3 Å². The molecule has 0 saturated carbocycles. The highest BCUT2D eigenvalue weighted by atomic mass is 35.5. The number of hydrogen-bond acceptors (Lipinski definition) is 6. The molecule has 0 aliphatic heterocycles. The molecule has 0 heterocycles. The predicted octanol–water partition coefficient (Wildman–Crippen LogP) is 9.92. The summed E-state index contributed by atoms with van der Waals surface area (Å²) in [6, 6.07) is 23.0. The van der Waals surface area contributed by atoms with E-state index in [1.807, 2.05) is 45.9 Å². The number of benzene rings is 4. The zero-order valence-electron chi connectivity index (χ0n) is 26.6. The second-order valence-electron chi connectivity index (χ2n) is 11.9. The fourth-order valence-electron chi connectivity index (χ4n) is 5.49. The van der Waals surface area contributed by atoms with Crippen molar-refractivity contribution < 1.29 is 19.0 Å². The molecule has 4 aromatic rings. The smallest absolute Gasteiger partial charge is 0.338 e. The number of halogens is 1. The van der Waals surface area contributed by atoms with E-state index >= 15 is 0 Å². The molecule has 6 nitrogen and oxygen atoms in total. The third-order valence-corrected chi connectivity index (χ3v) is 7.85. The molecule has 7 heteroatoms. The molecule has 0 saturated heterocycles. The van der Waals surface area contributed by atoms with Crippen molar-refractivity contribution in [3.05, 3.63) is 93.5 Å². The second-order valence-corrected chi connectivity index (χ2v) is 12.3. The number of hydrogen-bond donors (Lipinski definition) is 0. The van der Waals surface area contributed by atoms with Crippen molar-refractivity contribution >= 4 is 28.3 Å². The van der Waals surface area contributed by atoms with E-state index in [2.05, 4.69) is 31.2 Å². The van der Waals surface area contributed by atoms with E-state index in [9.17, 15) is 15.3 Å². The van der Waals surface area contributed by atoms with Gasteiger partial charge in [0.2, 0.25) is 0 Å². The lowest BCUT2D eigenvalue weighted by atomic mass is 9.81. The molecule has 0 atom stereocenters. The highest BCUT2D eigenvalue weighted by Gasteiger charge is 2.29. The Morgan fingerprint density at radius 3 is 2.40 bits per heavy atom. The van der Waals surface area contributed by atoms with Gasteiger partial charge in [-0.15, -0.1) is 0 Å². The number of nitrogens with zero attached hydrogens (tertiary/aromatic N) is 2. The number of carbonyl (C=O) groups excluding carboxylic acids is 1. The maximum absolute atomic E-state index is 12.8. The van der Waals surface area contributed by atoms with Crippen LogP contribution in [0.5, 0.6) is 11.5 Å². The average molecular weight is 623 g/mol. The molecule has 0 unspecified atom stereocenters. The zero-order valence-corrected chi connectivity index (χ0v) is 27.4. The molecule has 0 aliphatic rings. The van der Waals surface area contributed by atoms with Gasteiger partial charge in [-0.1, -0.05) is 82.5 Å². The molecule has 0 aromatic heterocycles. The Balaban J connectivity index is 1.97. The minimum Gasteiger partial charge on any atom is -0.460 e. The van der Waals surface area contributed by atoms with E-state index in [0.29, 0.717) is 51.6 Å². The van der Waals surface area contributed by atoms with Crippen LogP contribution < -0.4 is 4.74 Å². The van der Waals surface area contributed by atoms with Gasteiger partial charge in [0, 0.05) is 28.1 Å². The van der Waals surface area contributed by atoms with Gasteiger partial charge in [-0.3, -0.25) is 0 Å². The van der Waals surface area contributed by atoms with E-state index in [1.54, 1.807) is 30.3 Å². The van der Waals surface area contributed by atoms with Crippen LogP contribution in [0.3, 0.4) is 0 Å². The zero-order chi connectivity index (χ0) is 32.6. The molecule has 45 heavy (non-hydrogen) atoms. The summed E-state index contributed by atoms with van der Waals surface area (Å²) in [5.41, 5.74) is 3.74. The molecule has 4 aromatic carbocycles. The number of esters is 1. The summed E-state index contributed by atoms with van der Waals surface area (Å²) in [5, 5.41) is 22.4. The number of unbranched alkanes of at least 4 members (excludes halogenated alkanes) is 2. The van der Waals surface area contributed by atoms with Crippen LogP contribution in [0.4, 0.5) is 0 Å². The molecule has 0 fully saturated rings. The minimum atomic E-state index is -0.488. The quantitative estimate of drug-likeness (QED) is 0.115. The Bertz CT molecular complexity index is 1780. The van der Waals surface area contributed by atoms with Crippen LogP contribution in [0.1, 0.15) is 86.5 Å². The van der Waals surface area contributed by atoms with Gasteiger partial charge in [-0.25, -0.2) is 4.79 Å². The third kappa shape index (κ3) is 7.84. The first-order valence-corrected chi connectivity index (χ1v) is 15.8. The Morgan fingerprint density at radius 2 is 1.71 bits per heavy atom. The maximum Gasteiger partial charge on any atom is 0.338 e. The van der Waals surface area contributed by atoms with Crippen molar-refractivity contribution in [3.8, 4) is 34.8 Å². The summed E-state index contributed by atoms with van der Waals surface area (Å²) in [5.74, 6) is 0.392. The maximum atomic E-state index is 12.8. The van der Waals surface area contributed by atoms with Crippen LogP contribution in [0, 0.1) is 22.7 Å². The van der Waals surface area contributed by atoms with Crippen molar-refractivity contribution in [2.45, 2.75) is 65.7 Å². The van der Waals surface area contributed by atoms with Crippen LogP contribution in [0.2, 0.25) is 5.02 Å². The van der Waals surface area contributed by atoms with Crippen LogP contribution in [0.15, 0.2) is 60.7 Å². The molecular weight excluding hydrogens is 584 g/mol. The Morgan fingerprint density at radius 1 is 0.933 bits per heavy atom. The van der Waals surface area contributed by atoms with Gasteiger partial charge in [-0.2, -0.15) is 10.5 Å². The van der Waals surface area contributed by atoms with Crippen molar-refractivity contribution in [1.82, 2.24) is 0 Å². The second kappa shape index (κ2) is 15.1. The van der Waals surface area contributed by atoms with Gasteiger partial charge in [-0.05, 0) is 72.0 Å². The first-order chi connectivity index (χ1) is 21.6. The van der Waals surface area contributed by atoms with Crippen LogP contribution in [0.25, 0.3) is 21.9 Å². The normalized spacial score (nSPS) is 11.2. The van der Waals surface area contributed by atoms with Gasteiger partial charge < -0.3 is 14.2 Å². The Kier molecular flexibility index (Phi) is 11.2. The standard InChI is InChI=1S/C38H39ClN2O4/c1-6-8-9-12-25-13-10-14-26(19-25)33-31(24-41)29(23-40)20-28-22-32(39)35(38(3,4)5)36(34(28)33)45-30-16-11-15-27(21-30)37(42)44-18-17-43-7-2/h10-11,13-16,19-22H,6-9,12,17-18H2,1-5H3. The summed E-state index contributed by atoms with van der Waals surface area (Å²) in [4.78, 5) is 12.8. The lowest BCUT2D eigenvalue weighted by molar-refractivity contribution is 0.0335. The van der Waals surface area contributed by atoms with Gasteiger partial charge in [0.1, 0.15) is 30.2 Å². The van der Waals surface area contributed by atoms with E-state index in [1.165, 1.54) is 0 Å². The van der Waals surface area contributed by atoms with Crippen molar-refractivity contribution in [2.24, 2.45) is 0 Å². The summed E-state index contributed by atoms with van der Waals surface area (Å²) < 4.78 is 17.4. The summed E-state index contributed by atoms with van der Waals surface area (Å²) >= 11 is 6.97. The minimum absolute atomic E-state index is 0.143. The van der Waals surface area contributed by atoms with Gasteiger partial charge >= 0.3 is 5.97 Å². The number of fused-ring (bicyclic) bond motifs is 1. The van der Waals surface area contributed by atoms with Crippen LogP contribution >= 0.6 is 11.6 Å². The summed E-state index contributed by atoms with van der Waals surface area (Å²) in [7, 11) is 0. The molecule has 0 bridgehead atoms. The highest BCUT2D eigenvalue weighted by Crippen LogP contribution is 2.49. The van der Waals surface area contributed by atoms with E-state index in [-0.39, 0.29) is 17.7 Å². The molecule has 0 aliphatic carbocycles. The Labute approximate surface area is 271 Å². The fourth-order valence-corrected chi connectivity index (χ4v) is 5.97. The lowest BCUT2D eigenvalue weighted by Gasteiger charge is -2.27. The van der Waals surface area contributed by atoms with E-state index < -0.39 is 11.4 Å². The Hall–Kier alpha value is -4.36. The van der Waals surface area contributed by atoms with Crippen molar-refractivity contribution in [1.29, 1.82) is 10.5 Å². The first-order valence-electron chi connectivity index (χ1n) is 15.4. The first kappa shape index (κ1) is 33.5. The monoisotopic (exact) mass is 622 g/mol.